The van der Waals surface area contributed by atoms with Gasteiger partial charge in [0.15, 0.2) is 11.5 Å². The molecule has 2 rings (SSSR count). The molecule has 0 amide bonds. The van der Waals surface area contributed by atoms with Gasteiger partial charge >= 0.3 is 0 Å². The van der Waals surface area contributed by atoms with E-state index in [2.05, 4.69) is 5.32 Å². The van der Waals surface area contributed by atoms with Gasteiger partial charge in [0.1, 0.15) is 5.60 Å². The third-order valence-electron chi connectivity index (χ3n) is 3.72. The molecule has 0 aromatic heterocycles. The van der Waals surface area contributed by atoms with Crippen LogP contribution < -0.4 is 14.8 Å². The standard InChI is InChI=1S/C15H23NO4/c1-17-13-5-4-12(8-14(13)18-2)9-16-10-15(19-3)6-7-20-11-15/h4-5,8,16H,6-7,9-11H2,1-3H3. The van der Waals surface area contributed by atoms with Crippen molar-refractivity contribution in [1.82, 2.24) is 5.32 Å². The van der Waals surface area contributed by atoms with Crippen LogP contribution >= 0.6 is 0 Å². The zero-order valence-corrected chi connectivity index (χ0v) is 12.4. The van der Waals surface area contributed by atoms with Gasteiger partial charge in [-0.1, -0.05) is 6.07 Å². The van der Waals surface area contributed by atoms with Crippen molar-refractivity contribution in [2.45, 2.75) is 18.6 Å². The highest BCUT2D eigenvalue weighted by Gasteiger charge is 2.34. The zero-order valence-electron chi connectivity index (χ0n) is 12.4. The van der Waals surface area contributed by atoms with E-state index < -0.39 is 0 Å². The van der Waals surface area contributed by atoms with E-state index in [4.69, 9.17) is 18.9 Å². The molecule has 1 aliphatic rings. The van der Waals surface area contributed by atoms with Crippen molar-refractivity contribution < 1.29 is 18.9 Å². The number of rotatable bonds is 7. The quantitative estimate of drug-likeness (QED) is 0.822. The average Bonchev–Trinajstić information content (AvgIpc) is 2.96. The SMILES string of the molecule is COc1ccc(CNCC2(OC)CCOC2)cc1OC. The van der Waals surface area contributed by atoms with Crippen molar-refractivity contribution in [3.8, 4) is 11.5 Å². The van der Waals surface area contributed by atoms with Gasteiger partial charge in [0.2, 0.25) is 0 Å². The van der Waals surface area contributed by atoms with Crippen molar-refractivity contribution in [3.63, 3.8) is 0 Å². The van der Waals surface area contributed by atoms with Gasteiger partial charge in [-0.15, -0.1) is 0 Å². The molecule has 1 unspecified atom stereocenters. The fraction of sp³-hybridized carbons (Fsp3) is 0.600. The van der Waals surface area contributed by atoms with E-state index in [0.29, 0.717) is 6.61 Å². The molecular weight excluding hydrogens is 258 g/mol. The Bertz CT molecular complexity index is 430. The van der Waals surface area contributed by atoms with Crippen LogP contribution in [0.4, 0.5) is 0 Å². The summed E-state index contributed by atoms with van der Waals surface area (Å²) in [5.41, 5.74) is 0.962. The van der Waals surface area contributed by atoms with E-state index in [1.807, 2.05) is 18.2 Å². The second kappa shape index (κ2) is 6.92. The van der Waals surface area contributed by atoms with Gasteiger partial charge in [-0.25, -0.2) is 0 Å². The summed E-state index contributed by atoms with van der Waals surface area (Å²) < 4.78 is 21.5. The monoisotopic (exact) mass is 281 g/mol. The molecule has 5 heteroatoms. The van der Waals surface area contributed by atoms with E-state index in [0.717, 1.165) is 43.2 Å². The molecule has 112 valence electrons. The fourth-order valence-corrected chi connectivity index (χ4v) is 2.39. The van der Waals surface area contributed by atoms with Gasteiger partial charge in [-0.05, 0) is 17.7 Å². The summed E-state index contributed by atoms with van der Waals surface area (Å²) in [5.74, 6) is 1.49. The Hall–Kier alpha value is -1.30. The van der Waals surface area contributed by atoms with E-state index in [9.17, 15) is 0 Å². The average molecular weight is 281 g/mol. The highest BCUT2D eigenvalue weighted by Crippen LogP contribution is 2.27. The van der Waals surface area contributed by atoms with E-state index >= 15 is 0 Å². The third kappa shape index (κ3) is 3.42. The lowest BCUT2D eigenvalue weighted by molar-refractivity contribution is -0.0159. The molecule has 0 radical (unpaired) electrons. The molecule has 5 nitrogen and oxygen atoms in total. The van der Waals surface area contributed by atoms with Crippen LogP contribution in [0.25, 0.3) is 0 Å². The Labute approximate surface area is 120 Å². The summed E-state index contributed by atoms with van der Waals surface area (Å²) in [5, 5.41) is 3.42. The first kappa shape index (κ1) is 15.1. The molecule has 20 heavy (non-hydrogen) atoms. The van der Waals surface area contributed by atoms with E-state index in [1.165, 1.54) is 0 Å². The van der Waals surface area contributed by atoms with Gasteiger partial charge in [0.05, 0.1) is 20.8 Å². The van der Waals surface area contributed by atoms with Crippen molar-refractivity contribution in [1.29, 1.82) is 0 Å². The summed E-state index contributed by atoms with van der Waals surface area (Å²) in [6, 6.07) is 5.93. The maximum atomic E-state index is 5.59. The molecule has 1 atom stereocenters. The normalized spacial score (nSPS) is 21.9. The Balaban J connectivity index is 1.90. The Morgan fingerprint density at radius 2 is 2.00 bits per heavy atom. The van der Waals surface area contributed by atoms with Gasteiger partial charge in [0.25, 0.3) is 0 Å². The zero-order chi connectivity index (χ0) is 14.4. The number of nitrogens with one attached hydrogen (secondary N) is 1. The van der Waals surface area contributed by atoms with E-state index in [-0.39, 0.29) is 5.60 Å². The topological polar surface area (TPSA) is 49.0 Å². The fourth-order valence-electron chi connectivity index (χ4n) is 2.39. The first-order chi connectivity index (χ1) is 9.73. The van der Waals surface area contributed by atoms with Crippen LogP contribution in [-0.2, 0) is 16.0 Å². The molecule has 1 heterocycles. The van der Waals surface area contributed by atoms with Gasteiger partial charge < -0.3 is 24.3 Å². The summed E-state index contributed by atoms with van der Waals surface area (Å²) >= 11 is 0. The minimum atomic E-state index is -0.184. The molecule has 1 N–H and O–H groups in total. The minimum absolute atomic E-state index is 0.184. The Morgan fingerprint density at radius 3 is 2.60 bits per heavy atom. The van der Waals surface area contributed by atoms with Crippen LogP contribution in [-0.4, -0.2) is 46.7 Å². The molecule has 1 aliphatic heterocycles. The lowest BCUT2D eigenvalue weighted by Crippen LogP contribution is -2.42. The summed E-state index contributed by atoms with van der Waals surface area (Å²) in [6.07, 6.45) is 0.933. The van der Waals surface area contributed by atoms with Gasteiger partial charge in [-0.2, -0.15) is 0 Å². The highest BCUT2D eigenvalue weighted by atomic mass is 16.5. The molecule has 1 fully saturated rings. The molecular formula is C15H23NO4. The van der Waals surface area contributed by atoms with Crippen LogP contribution in [0, 0.1) is 0 Å². The second-order valence-corrected chi connectivity index (χ2v) is 4.98. The maximum absolute atomic E-state index is 5.59. The number of ether oxygens (including phenoxy) is 4. The van der Waals surface area contributed by atoms with Crippen LogP contribution in [0.15, 0.2) is 18.2 Å². The summed E-state index contributed by atoms with van der Waals surface area (Å²) in [4.78, 5) is 0. The number of methoxy groups -OCH3 is 3. The van der Waals surface area contributed by atoms with Crippen LogP contribution in [0.2, 0.25) is 0 Å². The van der Waals surface area contributed by atoms with Crippen LogP contribution in [0.3, 0.4) is 0 Å². The van der Waals surface area contributed by atoms with Gasteiger partial charge in [0, 0.05) is 33.2 Å². The Morgan fingerprint density at radius 1 is 1.20 bits per heavy atom. The predicted octanol–water partition coefficient (Wildman–Crippen LogP) is 1.60. The molecule has 0 spiro atoms. The second-order valence-electron chi connectivity index (χ2n) is 4.98. The molecule has 1 aromatic rings. The molecule has 0 aliphatic carbocycles. The first-order valence-electron chi connectivity index (χ1n) is 6.77. The largest absolute Gasteiger partial charge is 0.493 e. The molecule has 1 saturated heterocycles. The lowest BCUT2D eigenvalue weighted by atomic mass is 10.0. The smallest absolute Gasteiger partial charge is 0.161 e. The Kier molecular flexibility index (Phi) is 5.23. The summed E-state index contributed by atoms with van der Waals surface area (Å²) in [6.45, 7) is 2.96. The molecule has 0 bridgehead atoms. The van der Waals surface area contributed by atoms with Crippen molar-refractivity contribution in [2.75, 3.05) is 41.1 Å². The number of hydrogen-bond acceptors (Lipinski definition) is 5. The first-order valence-corrected chi connectivity index (χ1v) is 6.77. The third-order valence-corrected chi connectivity index (χ3v) is 3.72. The minimum Gasteiger partial charge on any atom is -0.493 e. The molecule has 1 aromatic carbocycles. The van der Waals surface area contributed by atoms with E-state index in [1.54, 1.807) is 21.3 Å². The van der Waals surface area contributed by atoms with Crippen molar-refractivity contribution in [3.05, 3.63) is 23.8 Å². The van der Waals surface area contributed by atoms with Crippen molar-refractivity contribution >= 4 is 0 Å². The number of benzene rings is 1. The van der Waals surface area contributed by atoms with Crippen molar-refractivity contribution in [2.24, 2.45) is 0 Å². The molecule has 0 saturated carbocycles. The number of hydrogen-bond donors (Lipinski definition) is 1. The van der Waals surface area contributed by atoms with Crippen LogP contribution in [0.5, 0.6) is 11.5 Å². The predicted molar refractivity (Wildman–Crippen MR) is 76.4 cm³/mol. The summed E-state index contributed by atoms with van der Waals surface area (Å²) in [7, 11) is 5.02. The maximum Gasteiger partial charge on any atom is 0.161 e. The highest BCUT2D eigenvalue weighted by molar-refractivity contribution is 5.42. The van der Waals surface area contributed by atoms with Gasteiger partial charge in [-0.3, -0.25) is 0 Å². The van der Waals surface area contributed by atoms with Crippen LogP contribution in [0.1, 0.15) is 12.0 Å². The lowest BCUT2D eigenvalue weighted by Gasteiger charge is -2.26.